The summed E-state index contributed by atoms with van der Waals surface area (Å²) < 4.78 is 25.1. The summed E-state index contributed by atoms with van der Waals surface area (Å²) in [6, 6.07) is 3.68. The van der Waals surface area contributed by atoms with Crippen molar-refractivity contribution in [2.45, 2.75) is 17.1 Å². The van der Waals surface area contributed by atoms with E-state index in [1.54, 1.807) is 21.0 Å². The molecular formula is C11H15FN2O2S. The van der Waals surface area contributed by atoms with Crippen LogP contribution in [0.5, 0.6) is 0 Å². The minimum Gasteiger partial charge on any atom is -0.399 e. The van der Waals surface area contributed by atoms with Crippen LogP contribution in [0.3, 0.4) is 0 Å². The molecule has 1 aromatic rings. The van der Waals surface area contributed by atoms with Gasteiger partial charge in [-0.15, -0.1) is 0 Å². The lowest BCUT2D eigenvalue weighted by Crippen LogP contribution is -2.34. The first kappa shape index (κ1) is 13.6. The van der Waals surface area contributed by atoms with Gasteiger partial charge in [0.15, 0.2) is 0 Å². The van der Waals surface area contributed by atoms with Crippen molar-refractivity contribution in [2.24, 2.45) is 0 Å². The lowest BCUT2D eigenvalue weighted by atomic mass is 10.3. The lowest BCUT2D eigenvalue weighted by Gasteiger charge is -2.16. The molecule has 17 heavy (non-hydrogen) atoms. The van der Waals surface area contributed by atoms with Crippen LogP contribution in [0.2, 0.25) is 0 Å². The molecule has 4 nitrogen and oxygen atoms in total. The van der Waals surface area contributed by atoms with Gasteiger partial charge in [-0.05, 0) is 25.1 Å². The van der Waals surface area contributed by atoms with Crippen LogP contribution in [0, 0.1) is 5.82 Å². The van der Waals surface area contributed by atoms with E-state index in [2.05, 4.69) is 0 Å². The van der Waals surface area contributed by atoms with Crippen molar-refractivity contribution in [3.8, 4) is 0 Å². The third kappa shape index (κ3) is 3.26. The highest BCUT2D eigenvalue weighted by Crippen LogP contribution is 2.17. The Morgan fingerprint density at radius 1 is 1.41 bits per heavy atom. The van der Waals surface area contributed by atoms with Crippen molar-refractivity contribution >= 4 is 22.4 Å². The summed E-state index contributed by atoms with van der Waals surface area (Å²) >= 11 is 0. The van der Waals surface area contributed by atoms with Crippen LogP contribution in [0.15, 0.2) is 23.1 Å². The summed E-state index contributed by atoms with van der Waals surface area (Å²) in [5.74, 6) is -0.830. The maximum Gasteiger partial charge on any atom is 0.237 e. The van der Waals surface area contributed by atoms with Gasteiger partial charge in [0.1, 0.15) is 11.1 Å². The van der Waals surface area contributed by atoms with Crippen molar-refractivity contribution in [1.82, 2.24) is 4.90 Å². The van der Waals surface area contributed by atoms with Crippen LogP contribution in [0.1, 0.15) is 6.92 Å². The smallest absolute Gasteiger partial charge is 0.237 e. The zero-order valence-corrected chi connectivity index (χ0v) is 10.8. The molecule has 0 spiro atoms. The fourth-order valence-corrected chi connectivity index (χ4v) is 2.64. The summed E-state index contributed by atoms with van der Waals surface area (Å²) in [4.78, 5) is 13.2. The first-order valence-corrected chi connectivity index (χ1v) is 6.22. The summed E-state index contributed by atoms with van der Waals surface area (Å²) in [6.07, 6.45) is 0. The molecule has 0 heterocycles. The Morgan fingerprint density at radius 2 is 2.00 bits per heavy atom. The monoisotopic (exact) mass is 258 g/mol. The van der Waals surface area contributed by atoms with Gasteiger partial charge < -0.3 is 10.6 Å². The van der Waals surface area contributed by atoms with E-state index in [9.17, 15) is 13.4 Å². The second-order valence-electron chi connectivity index (χ2n) is 3.89. The molecule has 1 rings (SSSR count). The number of halogens is 1. The second-order valence-corrected chi connectivity index (χ2v) is 5.67. The molecule has 1 aromatic carbocycles. The third-order valence-corrected chi connectivity index (χ3v) is 3.78. The molecule has 0 aliphatic rings. The van der Waals surface area contributed by atoms with Gasteiger partial charge in [0, 0.05) is 24.7 Å². The van der Waals surface area contributed by atoms with Gasteiger partial charge in [-0.1, -0.05) is 0 Å². The Morgan fingerprint density at radius 3 is 2.47 bits per heavy atom. The number of carbonyl (C=O) groups is 1. The Hall–Kier alpha value is -1.43. The van der Waals surface area contributed by atoms with Gasteiger partial charge in [0.2, 0.25) is 5.91 Å². The Labute approximate surface area is 102 Å². The van der Waals surface area contributed by atoms with Gasteiger partial charge in [0.05, 0.1) is 10.8 Å². The average Bonchev–Trinajstić information content (AvgIpc) is 2.24. The minimum atomic E-state index is -1.61. The van der Waals surface area contributed by atoms with E-state index >= 15 is 0 Å². The van der Waals surface area contributed by atoms with Crippen LogP contribution in [-0.4, -0.2) is 34.4 Å². The first-order valence-electron chi connectivity index (χ1n) is 5.00. The molecule has 2 atom stereocenters. The standard InChI is InChI=1S/C11H15FN2O2S/c1-7(11(15)14(2)3)17(16)10-5-8(12)4-9(13)6-10/h4-7H,13H2,1-3H3. The van der Waals surface area contributed by atoms with Gasteiger partial charge in [-0.25, -0.2) is 4.39 Å². The van der Waals surface area contributed by atoms with E-state index in [0.717, 1.165) is 12.1 Å². The van der Waals surface area contributed by atoms with Gasteiger partial charge in [-0.3, -0.25) is 9.00 Å². The van der Waals surface area contributed by atoms with E-state index in [-0.39, 0.29) is 16.5 Å². The molecule has 0 saturated heterocycles. The number of benzene rings is 1. The normalized spacial score (nSPS) is 14.1. The molecular weight excluding hydrogens is 243 g/mol. The lowest BCUT2D eigenvalue weighted by molar-refractivity contribution is -0.127. The number of nitrogens with two attached hydrogens (primary N) is 1. The Kier molecular flexibility index (Phi) is 4.22. The van der Waals surface area contributed by atoms with Crippen LogP contribution in [0.4, 0.5) is 10.1 Å². The van der Waals surface area contributed by atoms with E-state index in [0.29, 0.717) is 0 Å². The van der Waals surface area contributed by atoms with Gasteiger partial charge >= 0.3 is 0 Å². The number of carbonyl (C=O) groups excluding carboxylic acids is 1. The first-order chi connectivity index (χ1) is 7.82. The van der Waals surface area contributed by atoms with E-state index in [4.69, 9.17) is 5.73 Å². The van der Waals surface area contributed by atoms with Crippen molar-refractivity contribution in [1.29, 1.82) is 0 Å². The van der Waals surface area contributed by atoms with Crippen molar-refractivity contribution in [3.05, 3.63) is 24.0 Å². The number of anilines is 1. The second kappa shape index (κ2) is 5.27. The van der Waals surface area contributed by atoms with Crippen LogP contribution in [-0.2, 0) is 15.6 Å². The molecule has 0 aromatic heterocycles. The molecule has 1 amide bonds. The SMILES string of the molecule is CC(C(=O)N(C)C)S(=O)c1cc(N)cc(F)c1. The van der Waals surface area contributed by atoms with Crippen molar-refractivity contribution in [2.75, 3.05) is 19.8 Å². The minimum absolute atomic E-state index is 0.192. The number of hydrogen-bond donors (Lipinski definition) is 1. The van der Waals surface area contributed by atoms with E-state index in [1.165, 1.54) is 11.0 Å². The van der Waals surface area contributed by atoms with E-state index < -0.39 is 21.9 Å². The van der Waals surface area contributed by atoms with Crippen molar-refractivity contribution < 1.29 is 13.4 Å². The molecule has 2 N–H and O–H groups in total. The molecule has 0 radical (unpaired) electrons. The quantitative estimate of drug-likeness (QED) is 0.822. The topological polar surface area (TPSA) is 63.4 Å². The number of nitrogen functional groups attached to an aromatic ring is 1. The molecule has 2 unspecified atom stereocenters. The molecule has 0 saturated carbocycles. The molecule has 0 aliphatic carbocycles. The maximum atomic E-state index is 13.1. The van der Waals surface area contributed by atoms with Crippen LogP contribution < -0.4 is 5.73 Å². The number of hydrogen-bond acceptors (Lipinski definition) is 3. The average molecular weight is 258 g/mol. The van der Waals surface area contributed by atoms with Crippen LogP contribution >= 0.6 is 0 Å². The third-order valence-electron chi connectivity index (χ3n) is 2.24. The number of amides is 1. The molecule has 94 valence electrons. The molecule has 0 bridgehead atoms. The highest BCUT2D eigenvalue weighted by atomic mass is 32.2. The predicted octanol–water partition coefficient (Wildman–Crippen LogP) is 0.992. The van der Waals surface area contributed by atoms with Gasteiger partial charge in [-0.2, -0.15) is 0 Å². The Balaban J connectivity index is 3.00. The summed E-state index contributed by atoms with van der Waals surface area (Å²) in [6.45, 7) is 1.54. The summed E-state index contributed by atoms with van der Waals surface area (Å²) in [5, 5.41) is -0.730. The number of rotatable bonds is 3. The highest BCUT2D eigenvalue weighted by molar-refractivity contribution is 7.86. The predicted molar refractivity (Wildman–Crippen MR) is 65.4 cm³/mol. The fourth-order valence-electron chi connectivity index (χ4n) is 1.36. The molecule has 0 fully saturated rings. The number of nitrogens with zero attached hydrogens (tertiary/aromatic N) is 1. The zero-order valence-electron chi connectivity index (χ0n) is 9.94. The van der Waals surface area contributed by atoms with E-state index in [1.807, 2.05) is 0 Å². The summed E-state index contributed by atoms with van der Waals surface area (Å²) in [7, 11) is 1.55. The largest absolute Gasteiger partial charge is 0.399 e. The molecule has 6 heteroatoms. The van der Waals surface area contributed by atoms with Gasteiger partial charge in [0.25, 0.3) is 0 Å². The maximum absolute atomic E-state index is 13.1. The van der Waals surface area contributed by atoms with Crippen molar-refractivity contribution in [3.63, 3.8) is 0 Å². The summed E-state index contributed by atoms with van der Waals surface area (Å²) in [5.41, 5.74) is 5.66. The fraction of sp³-hybridized carbons (Fsp3) is 0.364. The molecule has 0 aliphatic heterocycles. The zero-order chi connectivity index (χ0) is 13.2. The van der Waals surface area contributed by atoms with Crippen LogP contribution in [0.25, 0.3) is 0 Å². The Bertz CT molecular complexity index is 443. The highest BCUT2D eigenvalue weighted by Gasteiger charge is 2.23.